The largest absolute Gasteiger partial charge is 0.356 e. The molecule has 0 N–H and O–H groups in total. The van der Waals surface area contributed by atoms with Crippen LogP contribution in [-0.4, -0.2) is 48.1 Å². The Morgan fingerprint density at radius 3 is 2.00 bits per heavy atom. The Morgan fingerprint density at radius 2 is 1.46 bits per heavy atom. The zero-order valence-electron chi connectivity index (χ0n) is 13.5. The smallest absolute Gasteiger partial charge is 0.128 e. The highest BCUT2D eigenvalue weighted by molar-refractivity contribution is 5.86. The number of hydrogen-bond donors (Lipinski definition) is 0. The predicted octanol–water partition coefficient (Wildman–Crippen LogP) is 3.41. The van der Waals surface area contributed by atoms with E-state index in [1.165, 1.54) is 18.7 Å². The van der Waals surface area contributed by atoms with Crippen LogP contribution in [0.15, 0.2) is 42.9 Å². The highest BCUT2D eigenvalue weighted by Crippen LogP contribution is 2.32. The Bertz CT molecular complexity index is 609. The van der Waals surface area contributed by atoms with Crippen molar-refractivity contribution in [2.24, 2.45) is 11.8 Å². The zero-order chi connectivity index (χ0) is 14.2. The summed E-state index contributed by atoms with van der Waals surface area (Å²) in [5, 5.41) is 0. The molecule has 2 unspecified atom stereocenters. The van der Waals surface area contributed by atoms with Gasteiger partial charge in [0.05, 0.1) is 0 Å². The number of fused-ring (bicyclic) bond motifs is 1. The normalized spacial score (nSPS) is 22.1. The topological polar surface area (TPSA) is 32.3 Å². The van der Waals surface area contributed by atoms with Crippen LogP contribution in [0.2, 0.25) is 0 Å². The second kappa shape index (κ2) is 8.86. The summed E-state index contributed by atoms with van der Waals surface area (Å²) in [6, 6.07) is 8.36. The quantitative estimate of drug-likeness (QED) is 0.788. The van der Waals surface area contributed by atoms with Gasteiger partial charge in [0.25, 0.3) is 0 Å². The van der Waals surface area contributed by atoms with E-state index in [4.69, 9.17) is 0 Å². The van der Waals surface area contributed by atoms with Crippen LogP contribution < -0.4 is 4.90 Å². The lowest BCUT2D eigenvalue weighted by atomic mass is 10.0. The molecule has 2 atom stereocenters. The second-order valence-electron chi connectivity index (χ2n) is 6.29. The van der Waals surface area contributed by atoms with Gasteiger partial charge in [0.2, 0.25) is 0 Å². The van der Waals surface area contributed by atoms with Crippen molar-refractivity contribution >= 4 is 43.0 Å². The summed E-state index contributed by atoms with van der Waals surface area (Å²) < 4.78 is 0. The first-order chi connectivity index (χ1) is 10.3. The van der Waals surface area contributed by atoms with Gasteiger partial charge in [-0.2, -0.15) is 0 Å². The Kier molecular flexibility index (Phi) is 7.74. The van der Waals surface area contributed by atoms with E-state index in [1.807, 2.05) is 30.7 Å². The minimum absolute atomic E-state index is 0. The molecular weight excluding hydrogens is 367 g/mol. The van der Waals surface area contributed by atoms with Crippen LogP contribution in [0.4, 0.5) is 5.82 Å². The number of pyridine rings is 2. The maximum absolute atomic E-state index is 4.68. The lowest BCUT2D eigenvalue weighted by Gasteiger charge is -2.20. The molecule has 132 valence electrons. The van der Waals surface area contributed by atoms with E-state index in [2.05, 4.69) is 38.9 Å². The monoisotopic (exact) mass is 388 g/mol. The molecule has 0 radical (unpaired) electrons. The van der Waals surface area contributed by atoms with Gasteiger partial charge < -0.3 is 9.80 Å². The van der Waals surface area contributed by atoms with Gasteiger partial charge in [-0.25, -0.2) is 4.98 Å². The number of likely N-dealkylation sites (tertiary alicyclic amines) is 1. The summed E-state index contributed by atoms with van der Waals surface area (Å²) in [6.07, 6.45) is 5.62. The summed E-state index contributed by atoms with van der Waals surface area (Å²) in [5.41, 5.74) is 2.32. The van der Waals surface area contributed by atoms with Crippen molar-refractivity contribution < 1.29 is 0 Å². The van der Waals surface area contributed by atoms with Gasteiger partial charge in [-0.15, -0.1) is 37.2 Å². The third-order valence-corrected chi connectivity index (χ3v) is 4.75. The molecule has 2 saturated heterocycles. The first-order valence-corrected chi connectivity index (χ1v) is 7.59. The van der Waals surface area contributed by atoms with Gasteiger partial charge in [0.1, 0.15) is 5.82 Å². The highest BCUT2D eigenvalue weighted by atomic mass is 35.5. The first-order valence-electron chi connectivity index (χ1n) is 7.59. The summed E-state index contributed by atoms with van der Waals surface area (Å²) in [5.74, 6) is 2.75. The predicted molar refractivity (Wildman–Crippen MR) is 106 cm³/mol. The van der Waals surface area contributed by atoms with Crippen LogP contribution in [0.25, 0.3) is 11.1 Å². The van der Waals surface area contributed by atoms with E-state index in [0.717, 1.165) is 36.3 Å². The van der Waals surface area contributed by atoms with Crippen LogP contribution in [0.5, 0.6) is 0 Å². The SMILES string of the molecule is CN1CC2CN(c3ccc(-c4ccncc4)cn3)CC2C1.Cl.Cl.Cl. The van der Waals surface area contributed by atoms with E-state index in [-0.39, 0.29) is 37.2 Å². The molecule has 0 aromatic carbocycles. The molecule has 2 aromatic rings. The van der Waals surface area contributed by atoms with E-state index in [9.17, 15) is 0 Å². The highest BCUT2D eigenvalue weighted by Gasteiger charge is 2.38. The average Bonchev–Trinajstić information content (AvgIpc) is 3.06. The molecular formula is C17H23Cl3N4. The van der Waals surface area contributed by atoms with E-state index < -0.39 is 0 Å². The Balaban J connectivity index is 0.000000960. The number of nitrogens with zero attached hydrogens (tertiary/aromatic N) is 4. The molecule has 0 amide bonds. The van der Waals surface area contributed by atoms with E-state index in [0.29, 0.717) is 0 Å². The van der Waals surface area contributed by atoms with Gasteiger partial charge in [-0.3, -0.25) is 4.98 Å². The van der Waals surface area contributed by atoms with Crippen molar-refractivity contribution in [3.63, 3.8) is 0 Å². The number of hydrogen-bond acceptors (Lipinski definition) is 4. The molecule has 2 aliphatic rings. The lowest BCUT2D eigenvalue weighted by molar-refractivity contribution is 0.387. The standard InChI is InChI=1S/C17H20N4.3ClH/c1-20-9-15-11-21(12-16(15)10-20)17-3-2-14(8-19-17)13-4-6-18-7-5-13;;;/h2-8,15-16H,9-12H2,1H3;3*1H. The third-order valence-electron chi connectivity index (χ3n) is 4.75. The second-order valence-corrected chi connectivity index (χ2v) is 6.29. The van der Waals surface area contributed by atoms with Gasteiger partial charge in [0, 0.05) is 50.3 Å². The maximum Gasteiger partial charge on any atom is 0.128 e. The van der Waals surface area contributed by atoms with Crippen molar-refractivity contribution in [3.05, 3.63) is 42.9 Å². The van der Waals surface area contributed by atoms with Crippen molar-refractivity contribution in [2.45, 2.75) is 0 Å². The molecule has 4 rings (SSSR count). The van der Waals surface area contributed by atoms with Crippen LogP contribution in [0, 0.1) is 11.8 Å². The first kappa shape index (κ1) is 21.0. The number of rotatable bonds is 2. The van der Waals surface area contributed by atoms with Crippen LogP contribution in [0.1, 0.15) is 0 Å². The van der Waals surface area contributed by atoms with Crippen LogP contribution >= 0.6 is 37.2 Å². The molecule has 4 nitrogen and oxygen atoms in total. The molecule has 0 bridgehead atoms. The fourth-order valence-corrected chi connectivity index (χ4v) is 3.70. The number of aromatic nitrogens is 2. The Hall–Kier alpha value is -1.07. The molecule has 0 aliphatic carbocycles. The fourth-order valence-electron chi connectivity index (χ4n) is 3.70. The molecule has 2 aromatic heterocycles. The molecule has 4 heterocycles. The zero-order valence-corrected chi connectivity index (χ0v) is 16.0. The summed E-state index contributed by atoms with van der Waals surface area (Å²) in [4.78, 5) is 13.6. The average molecular weight is 390 g/mol. The minimum atomic E-state index is 0. The molecule has 2 fully saturated rings. The lowest BCUT2D eigenvalue weighted by Crippen LogP contribution is -2.27. The fraction of sp³-hybridized carbons (Fsp3) is 0.412. The maximum atomic E-state index is 4.68. The number of halogens is 3. The summed E-state index contributed by atoms with van der Waals surface area (Å²) in [7, 11) is 2.23. The van der Waals surface area contributed by atoms with Crippen molar-refractivity contribution in [1.29, 1.82) is 0 Å². The van der Waals surface area contributed by atoms with Gasteiger partial charge >= 0.3 is 0 Å². The molecule has 0 saturated carbocycles. The Labute approximate surface area is 161 Å². The van der Waals surface area contributed by atoms with Gasteiger partial charge in [-0.05, 0) is 48.7 Å². The third kappa shape index (κ3) is 4.12. The van der Waals surface area contributed by atoms with Gasteiger partial charge in [0.15, 0.2) is 0 Å². The van der Waals surface area contributed by atoms with Gasteiger partial charge in [-0.1, -0.05) is 0 Å². The molecule has 2 aliphatic heterocycles. The molecule has 0 spiro atoms. The van der Waals surface area contributed by atoms with E-state index in [1.54, 1.807) is 0 Å². The van der Waals surface area contributed by atoms with Crippen molar-refractivity contribution in [1.82, 2.24) is 14.9 Å². The minimum Gasteiger partial charge on any atom is -0.356 e. The Morgan fingerprint density at radius 1 is 0.833 bits per heavy atom. The van der Waals surface area contributed by atoms with E-state index >= 15 is 0 Å². The molecule has 7 heteroatoms. The summed E-state index contributed by atoms with van der Waals surface area (Å²) in [6.45, 7) is 4.76. The molecule has 24 heavy (non-hydrogen) atoms. The van der Waals surface area contributed by atoms with Crippen molar-refractivity contribution in [2.75, 3.05) is 38.1 Å². The van der Waals surface area contributed by atoms with Crippen LogP contribution in [-0.2, 0) is 0 Å². The number of anilines is 1. The summed E-state index contributed by atoms with van der Waals surface area (Å²) >= 11 is 0. The van der Waals surface area contributed by atoms with Crippen LogP contribution in [0.3, 0.4) is 0 Å². The van der Waals surface area contributed by atoms with Crippen molar-refractivity contribution in [3.8, 4) is 11.1 Å².